The van der Waals surface area contributed by atoms with Crippen molar-refractivity contribution in [3.63, 3.8) is 0 Å². The van der Waals surface area contributed by atoms with E-state index >= 15 is 0 Å². The number of hydrogen-bond acceptors (Lipinski definition) is 15. The molecule has 0 aliphatic heterocycles. The molecule has 0 aliphatic carbocycles. The molecule has 0 aromatic carbocycles. The highest BCUT2D eigenvalue weighted by atomic mass is 31.2. The van der Waals surface area contributed by atoms with E-state index in [0.717, 1.165) is 121 Å². The molecule has 0 heterocycles. The van der Waals surface area contributed by atoms with Crippen molar-refractivity contribution in [1.82, 2.24) is 0 Å². The van der Waals surface area contributed by atoms with E-state index in [-0.39, 0.29) is 25.7 Å². The normalized spacial score (nSPS) is 14.7. The molecule has 3 N–H and O–H groups in total. The van der Waals surface area contributed by atoms with Gasteiger partial charge in [0, 0.05) is 25.7 Å². The number of ether oxygens (including phenoxy) is 4. The van der Waals surface area contributed by atoms with Gasteiger partial charge in [0.05, 0.1) is 26.4 Å². The number of aliphatic hydroxyl groups is 1. The first kappa shape index (κ1) is 79.1. The third-order valence-electron chi connectivity index (χ3n) is 14.6. The molecule has 480 valence electrons. The van der Waals surface area contributed by atoms with Crippen molar-refractivity contribution in [2.45, 2.75) is 323 Å². The van der Waals surface area contributed by atoms with Crippen molar-refractivity contribution in [1.29, 1.82) is 0 Å². The van der Waals surface area contributed by atoms with Crippen LogP contribution in [0.25, 0.3) is 0 Å². The topological polar surface area (TPSA) is 237 Å². The van der Waals surface area contributed by atoms with Gasteiger partial charge in [-0.1, -0.05) is 253 Å². The molecule has 0 saturated carbocycles. The van der Waals surface area contributed by atoms with E-state index in [4.69, 9.17) is 37.0 Å². The van der Waals surface area contributed by atoms with Gasteiger partial charge in [0.25, 0.3) is 0 Å². The summed E-state index contributed by atoms with van der Waals surface area (Å²) in [5.74, 6) is -0.565. The highest BCUT2D eigenvalue weighted by Crippen LogP contribution is 2.45. The first-order valence-electron chi connectivity index (χ1n) is 32.5. The van der Waals surface area contributed by atoms with Gasteiger partial charge < -0.3 is 33.8 Å². The standard InChI is InChI=1S/C62H120O17P2/c1-7-10-12-14-25-34-40-46-61(66)78-57(50-72-59(64)44-38-30-13-11-8-2)52-76-80(68,69)74-48-56(63)49-75-81(70,71)77-53-58(51-73-60(65)45-39-33-28-23-20-19-22-27-32-37-43-55(6)9-3)79-62(67)47-41-35-29-24-18-16-15-17-21-26-31-36-42-54(4)5/h54-58,63H,7-53H2,1-6H3,(H,68,69)(H,70,71)/t55?,56-,57+,58+/m0/s1. The largest absolute Gasteiger partial charge is 0.472 e. The van der Waals surface area contributed by atoms with Crippen LogP contribution in [0.4, 0.5) is 0 Å². The number of rotatable bonds is 61. The second-order valence-corrected chi connectivity index (χ2v) is 26.1. The molecule has 3 unspecified atom stereocenters. The monoisotopic (exact) mass is 1200 g/mol. The van der Waals surface area contributed by atoms with Crippen LogP contribution in [0.5, 0.6) is 0 Å². The lowest BCUT2D eigenvalue weighted by Crippen LogP contribution is -2.30. The first-order valence-corrected chi connectivity index (χ1v) is 35.5. The minimum atomic E-state index is -4.94. The number of aliphatic hydroxyl groups excluding tert-OH is 1. The van der Waals surface area contributed by atoms with Crippen molar-refractivity contribution in [2.24, 2.45) is 11.8 Å². The fourth-order valence-corrected chi connectivity index (χ4v) is 10.7. The Morgan fingerprint density at radius 1 is 0.358 bits per heavy atom. The molecular weight excluding hydrogens is 1080 g/mol. The van der Waals surface area contributed by atoms with E-state index in [2.05, 4.69) is 41.5 Å². The van der Waals surface area contributed by atoms with Gasteiger partial charge in [0.1, 0.15) is 19.3 Å². The number of carbonyl (C=O) groups is 4. The molecule has 6 atom stereocenters. The summed E-state index contributed by atoms with van der Waals surface area (Å²) in [6.07, 6.45) is 36.6. The summed E-state index contributed by atoms with van der Waals surface area (Å²) in [7, 11) is -9.87. The van der Waals surface area contributed by atoms with Crippen molar-refractivity contribution >= 4 is 39.5 Å². The van der Waals surface area contributed by atoms with Crippen LogP contribution < -0.4 is 0 Å². The second kappa shape index (κ2) is 54.7. The van der Waals surface area contributed by atoms with Crippen LogP contribution >= 0.6 is 15.6 Å². The lowest BCUT2D eigenvalue weighted by molar-refractivity contribution is -0.161. The van der Waals surface area contributed by atoms with Crippen LogP contribution in [0.2, 0.25) is 0 Å². The Morgan fingerprint density at radius 2 is 0.630 bits per heavy atom. The third kappa shape index (κ3) is 55.7. The molecule has 17 nitrogen and oxygen atoms in total. The van der Waals surface area contributed by atoms with Crippen LogP contribution in [0, 0.1) is 11.8 Å². The predicted octanol–water partition coefficient (Wildman–Crippen LogP) is 16.9. The summed E-state index contributed by atoms with van der Waals surface area (Å²) in [5.41, 5.74) is 0. The molecule has 19 heteroatoms. The Morgan fingerprint density at radius 3 is 0.938 bits per heavy atom. The smallest absolute Gasteiger partial charge is 0.462 e. The Labute approximate surface area is 492 Å². The Kier molecular flexibility index (Phi) is 53.4. The van der Waals surface area contributed by atoms with Gasteiger partial charge in [0.15, 0.2) is 12.2 Å². The van der Waals surface area contributed by atoms with Gasteiger partial charge in [0.2, 0.25) is 0 Å². The van der Waals surface area contributed by atoms with E-state index in [1.807, 2.05) is 0 Å². The van der Waals surface area contributed by atoms with Gasteiger partial charge in [-0.2, -0.15) is 0 Å². The summed E-state index contributed by atoms with van der Waals surface area (Å²) >= 11 is 0. The zero-order valence-electron chi connectivity index (χ0n) is 52.1. The van der Waals surface area contributed by atoms with E-state index in [1.54, 1.807) is 0 Å². The molecule has 0 saturated heterocycles. The van der Waals surface area contributed by atoms with Gasteiger partial charge in [-0.3, -0.25) is 37.3 Å². The average Bonchev–Trinajstić information content (AvgIpc) is 3.43. The molecule has 0 bridgehead atoms. The van der Waals surface area contributed by atoms with Gasteiger partial charge in [-0.15, -0.1) is 0 Å². The van der Waals surface area contributed by atoms with Gasteiger partial charge in [-0.05, 0) is 37.5 Å². The summed E-state index contributed by atoms with van der Waals surface area (Å²) in [4.78, 5) is 71.8. The maximum absolute atomic E-state index is 13.0. The van der Waals surface area contributed by atoms with Crippen molar-refractivity contribution in [3.8, 4) is 0 Å². The number of phosphoric acid groups is 2. The minimum Gasteiger partial charge on any atom is -0.462 e. The Hall–Kier alpha value is -1.94. The first-order chi connectivity index (χ1) is 38.9. The quantitative estimate of drug-likeness (QED) is 0.0222. The SMILES string of the molecule is CCCCCCCCCC(=O)O[C@H](COC(=O)CCCCCCC)COP(=O)(O)OC[C@H](O)COP(=O)(O)OC[C@@H](COC(=O)CCCCCCCCCCCCC(C)CC)OC(=O)CCCCCCCCCCCCCCC(C)C. The van der Waals surface area contributed by atoms with Gasteiger partial charge >= 0.3 is 39.5 Å². The van der Waals surface area contributed by atoms with Crippen LogP contribution in [-0.2, 0) is 65.4 Å². The van der Waals surface area contributed by atoms with E-state index in [0.29, 0.717) is 25.7 Å². The summed E-state index contributed by atoms with van der Waals surface area (Å²) in [5, 5.41) is 10.5. The van der Waals surface area contributed by atoms with E-state index < -0.39 is 97.5 Å². The molecular formula is C62H120O17P2. The highest BCUT2D eigenvalue weighted by molar-refractivity contribution is 7.47. The number of carbonyl (C=O) groups excluding carboxylic acids is 4. The van der Waals surface area contributed by atoms with Crippen LogP contribution in [0.15, 0.2) is 0 Å². The number of esters is 4. The number of unbranched alkanes of at least 4 members (excludes halogenated alkanes) is 30. The molecule has 0 aromatic rings. The summed E-state index contributed by atoms with van der Waals surface area (Å²) in [6, 6.07) is 0. The predicted molar refractivity (Wildman–Crippen MR) is 321 cm³/mol. The van der Waals surface area contributed by atoms with Crippen LogP contribution in [-0.4, -0.2) is 96.7 Å². The molecule has 0 rings (SSSR count). The Bertz CT molecular complexity index is 1600. The fourth-order valence-electron chi connectivity index (χ4n) is 9.15. The molecule has 0 radical (unpaired) electrons. The zero-order chi connectivity index (χ0) is 60.1. The zero-order valence-corrected chi connectivity index (χ0v) is 53.9. The average molecular weight is 1200 g/mol. The summed E-state index contributed by atoms with van der Waals surface area (Å²) in [6.45, 7) is 9.39. The van der Waals surface area contributed by atoms with Gasteiger partial charge in [-0.25, -0.2) is 9.13 Å². The van der Waals surface area contributed by atoms with Crippen molar-refractivity contribution < 1.29 is 80.2 Å². The molecule has 0 spiro atoms. The van der Waals surface area contributed by atoms with Crippen molar-refractivity contribution in [3.05, 3.63) is 0 Å². The second-order valence-electron chi connectivity index (χ2n) is 23.2. The molecule has 0 fully saturated rings. The number of hydrogen-bond donors (Lipinski definition) is 3. The molecule has 0 aliphatic rings. The molecule has 81 heavy (non-hydrogen) atoms. The number of phosphoric ester groups is 2. The molecule has 0 aromatic heterocycles. The molecule has 0 amide bonds. The lowest BCUT2D eigenvalue weighted by atomic mass is 9.99. The Balaban J connectivity index is 5.16. The van der Waals surface area contributed by atoms with Crippen molar-refractivity contribution in [2.75, 3.05) is 39.6 Å². The maximum atomic E-state index is 13.0. The van der Waals surface area contributed by atoms with Crippen LogP contribution in [0.1, 0.15) is 305 Å². The summed E-state index contributed by atoms with van der Waals surface area (Å²) < 4.78 is 67.6. The van der Waals surface area contributed by atoms with E-state index in [1.165, 1.54) is 103 Å². The lowest BCUT2D eigenvalue weighted by Gasteiger charge is -2.21. The fraction of sp³-hybridized carbons (Fsp3) is 0.935. The third-order valence-corrected chi connectivity index (χ3v) is 16.5. The minimum absolute atomic E-state index is 0.103. The highest BCUT2D eigenvalue weighted by Gasteiger charge is 2.30. The van der Waals surface area contributed by atoms with Crippen LogP contribution in [0.3, 0.4) is 0 Å². The maximum Gasteiger partial charge on any atom is 0.472 e. The van der Waals surface area contributed by atoms with E-state index in [9.17, 15) is 43.2 Å².